The predicted molar refractivity (Wildman–Crippen MR) is 53.0 cm³/mol. The molecule has 1 unspecified atom stereocenters. The van der Waals surface area contributed by atoms with Crippen LogP contribution in [0.3, 0.4) is 0 Å². The van der Waals surface area contributed by atoms with E-state index < -0.39 is 0 Å². The Bertz CT molecular complexity index is 216. The van der Waals surface area contributed by atoms with Crippen LogP contribution in [0.1, 0.15) is 12.8 Å². The summed E-state index contributed by atoms with van der Waals surface area (Å²) in [7, 11) is 1.81. The second-order valence-corrected chi connectivity index (χ2v) is 4.14. The fourth-order valence-corrected chi connectivity index (χ4v) is 1.78. The van der Waals surface area contributed by atoms with Gasteiger partial charge in [-0.05, 0) is 25.8 Å². The van der Waals surface area contributed by atoms with Crippen LogP contribution >= 0.6 is 0 Å². The first kappa shape index (κ1) is 9.93. The number of carbonyl (C=O) groups excluding carboxylic acids is 1. The third kappa shape index (κ3) is 2.25. The van der Waals surface area contributed by atoms with Gasteiger partial charge in [0.15, 0.2) is 0 Å². The summed E-state index contributed by atoms with van der Waals surface area (Å²) in [6.45, 7) is 2.88. The maximum absolute atomic E-state index is 11.9. The van der Waals surface area contributed by atoms with Gasteiger partial charge in [-0.15, -0.1) is 0 Å². The van der Waals surface area contributed by atoms with E-state index in [2.05, 4.69) is 5.32 Å². The van der Waals surface area contributed by atoms with E-state index in [0.717, 1.165) is 19.0 Å². The van der Waals surface area contributed by atoms with Crippen LogP contribution in [0.4, 0.5) is 0 Å². The van der Waals surface area contributed by atoms with Crippen molar-refractivity contribution in [3.05, 3.63) is 0 Å². The molecule has 1 heterocycles. The van der Waals surface area contributed by atoms with E-state index in [4.69, 9.17) is 4.74 Å². The van der Waals surface area contributed by atoms with Crippen LogP contribution in [0.5, 0.6) is 0 Å². The molecule has 0 aromatic carbocycles. The maximum Gasteiger partial charge on any atom is 0.242 e. The normalized spacial score (nSPS) is 29.1. The van der Waals surface area contributed by atoms with Gasteiger partial charge >= 0.3 is 0 Å². The van der Waals surface area contributed by atoms with Gasteiger partial charge in [0.2, 0.25) is 5.91 Å². The van der Waals surface area contributed by atoms with Crippen molar-refractivity contribution < 1.29 is 9.53 Å². The number of amides is 1. The predicted octanol–water partition coefficient (Wildman–Crippen LogP) is -0.157. The number of likely N-dealkylation sites (N-methyl/N-ethyl adjacent to an activating group) is 1. The highest BCUT2D eigenvalue weighted by atomic mass is 16.5. The maximum atomic E-state index is 11.9. The zero-order chi connectivity index (χ0) is 9.97. The monoisotopic (exact) mass is 198 g/mol. The highest BCUT2D eigenvalue weighted by Crippen LogP contribution is 2.30. The van der Waals surface area contributed by atoms with Crippen LogP contribution in [0.25, 0.3) is 0 Å². The average Bonchev–Trinajstić information content (AvgIpc) is 2.99. The van der Waals surface area contributed by atoms with Gasteiger partial charge in [-0.25, -0.2) is 0 Å². The van der Waals surface area contributed by atoms with Gasteiger partial charge in [-0.1, -0.05) is 0 Å². The van der Waals surface area contributed by atoms with Crippen molar-refractivity contribution in [3.63, 3.8) is 0 Å². The molecule has 1 saturated heterocycles. The molecule has 0 aromatic heterocycles. The number of ether oxygens (including phenoxy) is 1. The summed E-state index contributed by atoms with van der Waals surface area (Å²) in [6.07, 6.45) is 2.57. The van der Waals surface area contributed by atoms with Crippen LogP contribution in [0.2, 0.25) is 0 Å². The van der Waals surface area contributed by atoms with Crippen molar-refractivity contribution >= 4 is 5.91 Å². The molecule has 2 aliphatic rings. The molecule has 0 bridgehead atoms. The van der Waals surface area contributed by atoms with Crippen molar-refractivity contribution in [1.82, 2.24) is 10.2 Å². The Hall–Kier alpha value is -0.610. The summed E-state index contributed by atoms with van der Waals surface area (Å²) in [5.41, 5.74) is 0. The van der Waals surface area contributed by atoms with Gasteiger partial charge in [0.1, 0.15) is 6.04 Å². The molecular formula is C10H18N2O2. The Kier molecular flexibility index (Phi) is 3.03. The van der Waals surface area contributed by atoms with E-state index in [1.807, 2.05) is 11.9 Å². The van der Waals surface area contributed by atoms with Gasteiger partial charge < -0.3 is 15.0 Å². The van der Waals surface area contributed by atoms with Crippen LogP contribution < -0.4 is 5.32 Å². The minimum Gasteiger partial charge on any atom is -0.377 e. The van der Waals surface area contributed by atoms with Crippen molar-refractivity contribution in [3.8, 4) is 0 Å². The van der Waals surface area contributed by atoms with E-state index in [1.165, 1.54) is 12.8 Å². The summed E-state index contributed by atoms with van der Waals surface area (Å²) in [5, 5.41) is 3.00. The van der Waals surface area contributed by atoms with Gasteiger partial charge in [-0.2, -0.15) is 0 Å². The molecule has 1 aliphatic carbocycles. The van der Waals surface area contributed by atoms with Gasteiger partial charge in [0.05, 0.1) is 13.2 Å². The van der Waals surface area contributed by atoms with Gasteiger partial charge in [0.25, 0.3) is 0 Å². The number of nitrogens with zero attached hydrogens (tertiary/aromatic N) is 1. The van der Waals surface area contributed by atoms with E-state index in [9.17, 15) is 4.79 Å². The lowest BCUT2D eigenvalue weighted by molar-refractivity contribution is -0.132. The molecule has 1 saturated carbocycles. The lowest BCUT2D eigenvalue weighted by Crippen LogP contribution is -2.46. The Morgan fingerprint density at radius 2 is 2.36 bits per heavy atom. The summed E-state index contributed by atoms with van der Waals surface area (Å²) in [4.78, 5) is 13.9. The zero-order valence-corrected chi connectivity index (χ0v) is 8.66. The molecule has 2 rings (SSSR count). The third-order valence-corrected chi connectivity index (χ3v) is 2.92. The zero-order valence-electron chi connectivity index (χ0n) is 8.66. The Balaban J connectivity index is 1.94. The summed E-state index contributed by atoms with van der Waals surface area (Å²) >= 11 is 0. The molecule has 4 heteroatoms. The first-order valence-corrected chi connectivity index (χ1v) is 5.35. The largest absolute Gasteiger partial charge is 0.377 e. The van der Waals surface area contributed by atoms with Crippen LogP contribution in [-0.4, -0.2) is 50.2 Å². The summed E-state index contributed by atoms with van der Waals surface area (Å²) in [5.74, 6) is 0.964. The fourth-order valence-electron chi connectivity index (χ4n) is 1.78. The highest BCUT2D eigenvalue weighted by molar-refractivity contribution is 5.82. The minimum atomic E-state index is -0.142. The molecule has 0 spiro atoms. The first-order chi connectivity index (χ1) is 6.81. The van der Waals surface area contributed by atoms with Crippen LogP contribution in [-0.2, 0) is 9.53 Å². The molecule has 0 aromatic rings. The molecule has 1 N–H and O–H groups in total. The molecule has 4 nitrogen and oxygen atoms in total. The minimum absolute atomic E-state index is 0.142. The highest BCUT2D eigenvalue weighted by Gasteiger charge is 2.31. The Morgan fingerprint density at radius 3 is 3.00 bits per heavy atom. The Labute approximate surface area is 84.6 Å². The van der Waals surface area contributed by atoms with E-state index in [0.29, 0.717) is 13.2 Å². The van der Waals surface area contributed by atoms with Crippen molar-refractivity contribution in [1.29, 1.82) is 0 Å². The molecule has 0 radical (unpaired) electrons. The topological polar surface area (TPSA) is 41.6 Å². The fraction of sp³-hybridized carbons (Fsp3) is 0.900. The standard InChI is InChI=1S/C10H18N2O2/c1-11-9-7-14-5-4-12(10(9)13)6-8-2-3-8/h8-9,11H,2-7H2,1H3. The van der Waals surface area contributed by atoms with Crippen molar-refractivity contribution in [2.75, 3.05) is 33.4 Å². The molecule has 1 atom stereocenters. The van der Waals surface area contributed by atoms with E-state index >= 15 is 0 Å². The molecule has 2 fully saturated rings. The summed E-state index contributed by atoms with van der Waals surface area (Å²) < 4.78 is 5.38. The number of rotatable bonds is 3. The Morgan fingerprint density at radius 1 is 1.57 bits per heavy atom. The second kappa shape index (κ2) is 4.28. The quantitative estimate of drug-likeness (QED) is 0.685. The average molecular weight is 198 g/mol. The van der Waals surface area contributed by atoms with Gasteiger partial charge in [-0.3, -0.25) is 4.79 Å². The molecule has 1 aliphatic heterocycles. The SMILES string of the molecule is CNC1COCCN(CC2CC2)C1=O. The van der Waals surface area contributed by atoms with E-state index in [1.54, 1.807) is 0 Å². The molecule has 80 valence electrons. The lowest BCUT2D eigenvalue weighted by Gasteiger charge is -2.22. The van der Waals surface area contributed by atoms with Crippen molar-refractivity contribution in [2.45, 2.75) is 18.9 Å². The van der Waals surface area contributed by atoms with E-state index in [-0.39, 0.29) is 11.9 Å². The molecular weight excluding hydrogens is 180 g/mol. The molecule has 1 amide bonds. The number of hydrogen-bond acceptors (Lipinski definition) is 3. The lowest BCUT2D eigenvalue weighted by atomic mass is 10.2. The van der Waals surface area contributed by atoms with Crippen molar-refractivity contribution in [2.24, 2.45) is 5.92 Å². The number of carbonyl (C=O) groups is 1. The second-order valence-electron chi connectivity index (χ2n) is 4.14. The smallest absolute Gasteiger partial charge is 0.242 e. The number of hydrogen-bond donors (Lipinski definition) is 1. The third-order valence-electron chi connectivity index (χ3n) is 2.92. The number of nitrogens with one attached hydrogen (secondary N) is 1. The summed E-state index contributed by atoms with van der Waals surface area (Å²) in [6, 6.07) is -0.142. The van der Waals surface area contributed by atoms with Gasteiger partial charge in [0, 0.05) is 13.1 Å². The first-order valence-electron chi connectivity index (χ1n) is 5.35. The van der Waals surface area contributed by atoms with Crippen LogP contribution in [0, 0.1) is 5.92 Å². The molecule has 14 heavy (non-hydrogen) atoms. The van der Waals surface area contributed by atoms with Crippen LogP contribution in [0.15, 0.2) is 0 Å².